The number of fused-ring (bicyclic) bond motifs is 1. The van der Waals surface area contributed by atoms with Gasteiger partial charge < -0.3 is 9.52 Å². The predicted octanol–water partition coefficient (Wildman–Crippen LogP) is 5.28. The highest BCUT2D eigenvalue weighted by Crippen LogP contribution is 2.26. The maximum Gasteiger partial charge on any atom is 0.300 e. The molecule has 3 aromatic rings. The van der Waals surface area contributed by atoms with Crippen LogP contribution >= 0.6 is 0 Å². The van der Waals surface area contributed by atoms with Gasteiger partial charge in [0.05, 0.1) is 5.39 Å². The molecule has 0 radical (unpaired) electrons. The number of hydrogen-bond donors (Lipinski definition) is 1. The number of benzene rings is 2. The van der Waals surface area contributed by atoms with Crippen LogP contribution in [-0.2, 0) is 11.2 Å². The molecule has 1 heterocycles. The molecule has 0 atom stereocenters. The average molecular weight is 352 g/mol. The highest BCUT2D eigenvalue weighted by Gasteiger charge is 2.15. The number of carboxylic acid groups (broad SMARTS) is 1. The fraction of sp³-hybridized carbons (Fsp3) is 0.273. The van der Waals surface area contributed by atoms with Crippen LogP contribution in [-0.4, -0.2) is 11.1 Å². The Kier molecular flexibility index (Phi) is 7.15. The lowest BCUT2D eigenvalue weighted by atomic mass is 10.00. The van der Waals surface area contributed by atoms with Crippen molar-refractivity contribution in [2.45, 2.75) is 39.5 Å². The second-order valence-corrected chi connectivity index (χ2v) is 6.08. The topological polar surface area (TPSA) is 67.5 Å². The summed E-state index contributed by atoms with van der Waals surface area (Å²) in [6, 6.07) is 17.4. The molecular weight excluding hydrogens is 328 g/mol. The van der Waals surface area contributed by atoms with E-state index < -0.39 is 5.97 Å². The molecule has 0 saturated heterocycles. The molecule has 1 N–H and O–H groups in total. The maximum absolute atomic E-state index is 12.9. The monoisotopic (exact) mass is 352 g/mol. The van der Waals surface area contributed by atoms with Gasteiger partial charge in [-0.05, 0) is 25.0 Å². The fourth-order valence-electron chi connectivity index (χ4n) is 2.78. The first-order chi connectivity index (χ1) is 12.5. The van der Waals surface area contributed by atoms with E-state index in [4.69, 9.17) is 14.3 Å². The van der Waals surface area contributed by atoms with Gasteiger partial charge in [0, 0.05) is 18.1 Å². The second kappa shape index (κ2) is 9.56. The third-order valence-corrected chi connectivity index (χ3v) is 3.96. The summed E-state index contributed by atoms with van der Waals surface area (Å²) in [6.07, 6.45) is 4.05. The molecule has 0 fully saturated rings. The number of unbranched alkanes of at least 4 members (excludes halogenated alkanes) is 2. The van der Waals surface area contributed by atoms with Crippen molar-refractivity contribution in [3.8, 4) is 11.3 Å². The zero-order valence-electron chi connectivity index (χ0n) is 15.2. The van der Waals surface area contributed by atoms with E-state index in [1.54, 1.807) is 0 Å². The van der Waals surface area contributed by atoms with Crippen molar-refractivity contribution in [2.75, 3.05) is 0 Å². The summed E-state index contributed by atoms with van der Waals surface area (Å²) >= 11 is 0. The maximum atomic E-state index is 12.9. The number of rotatable bonds is 5. The Bertz CT molecular complexity index is 906. The molecule has 0 aliphatic carbocycles. The van der Waals surface area contributed by atoms with Crippen molar-refractivity contribution in [3.05, 3.63) is 70.4 Å². The standard InChI is InChI=1S/C20H20O2.C2H4O2/c1-2-3-5-13-17-19(21)16-12-8-9-14-18(16)22-20(17)15-10-6-4-7-11-15;1-2(3)4/h4,6-12,14H,2-3,5,13H2,1H3;1H3,(H,3,4). The van der Waals surface area contributed by atoms with Gasteiger partial charge in [0.15, 0.2) is 5.43 Å². The molecule has 0 saturated carbocycles. The van der Waals surface area contributed by atoms with E-state index in [-0.39, 0.29) is 5.43 Å². The SMILES string of the molecule is CC(=O)O.CCCCCc1c(-c2ccccc2)oc2ccccc2c1=O. The summed E-state index contributed by atoms with van der Waals surface area (Å²) in [6.45, 7) is 3.25. The van der Waals surface area contributed by atoms with Crippen LogP contribution in [0.3, 0.4) is 0 Å². The van der Waals surface area contributed by atoms with E-state index in [0.29, 0.717) is 11.0 Å². The van der Waals surface area contributed by atoms with Crippen LogP contribution in [0.5, 0.6) is 0 Å². The summed E-state index contributed by atoms with van der Waals surface area (Å²) in [5.74, 6) is -0.111. The quantitative estimate of drug-likeness (QED) is 0.634. The summed E-state index contributed by atoms with van der Waals surface area (Å²) in [4.78, 5) is 21.9. The molecule has 136 valence electrons. The van der Waals surface area contributed by atoms with Gasteiger partial charge in [-0.2, -0.15) is 0 Å². The number of carboxylic acids is 1. The predicted molar refractivity (Wildman–Crippen MR) is 104 cm³/mol. The second-order valence-electron chi connectivity index (χ2n) is 6.08. The Morgan fingerprint density at radius 1 is 1.00 bits per heavy atom. The van der Waals surface area contributed by atoms with Gasteiger partial charge in [-0.3, -0.25) is 9.59 Å². The van der Waals surface area contributed by atoms with Crippen molar-refractivity contribution in [3.63, 3.8) is 0 Å². The molecule has 0 spiro atoms. The van der Waals surface area contributed by atoms with Crippen molar-refractivity contribution >= 4 is 16.9 Å². The van der Waals surface area contributed by atoms with Crippen molar-refractivity contribution in [1.29, 1.82) is 0 Å². The van der Waals surface area contributed by atoms with Crippen LogP contribution in [0.1, 0.15) is 38.7 Å². The summed E-state index contributed by atoms with van der Waals surface area (Å²) in [5, 5.41) is 8.09. The Labute approximate surface area is 153 Å². The number of carbonyl (C=O) groups is 1. The van der Waals surface area contributed by atoms with E-state index >= 15 is 0 Å². The van der Waals surface area contributed by atoms with Gasteiger partial charge in [0.2, 0.25) is 0 Å². The van der Waals surface area contributed by atoms with Crippen LogP contribution in [0.4, 0.5) is 0 Å². The number of para-hydroxylation sites is 1. The van der Waals surface area contributed by atoms with Gasteiger partial charge in [0.25, 0.3) is 5.97 Å². The van der Waals surface area contributed by atoms with E-state index in [0.717, 1.165) is 49.5 Å². The third kappa shape index (κ3) is 5.06. The largest absolute Gasteiger partial charge is 0.481 e. The molecule has 0 bridgehead atoms. The minimum Gasteiger partial charge on any atom is -0.481 e. The number of hydrogen-bond acceptors (Lipinski definition) is 3. The van der Waals surface area contributed by atoms with Gasteiger partial charge in [-0.15, -0.1) is 0 Å². The minimum absolute atomic E-state index is 0.108. The van der Waals surface area contributed by atoms with Crippen LogP contribution in [0.15, 0.2) is 63.8 Å². The zero-order chi connectivity index (χ0) is 18.9. The molecular formula is C22H24O4. The van der Waals surface area contributed by atoms with Crippen molar-refractivity contribution < 1.29 is 14.3 Å². The number of aliphatic carboxylic acids is 1. The molecule has 4 heteroatoms. The van der Waals surface area contributed by atoms with Crippen LogP contribution in [0.25, 0.3) is 22.3 Å². The van der Waals surface area contributed by atoms with Crippen LogP contribution < -0.4 is 5.43 Å². The molecule has 0 aliphatic heterocycles. The van der Waals surface area contributed by atoms with E-state index in [1.807, 2.05) is 54.6 Å². The molecule has 0 amide bonds. The smallest absolute Gasteiger partial charge is 0.300 e. The first-order valence-corrected chi connectivity index (χ1v) is 8.84. The summed E-state index contributed by atoms with van der Waals surface area (Å²) < 4.78 is 6.09. The third-order valence-electron chi connectivity index (χ3n) is 3.96. The molecule has 2 aromatic carbocycles. The molecule has 26 heavy (non-hydrogen) atoms. The molecule has 4 nitrogen and oxygen atoms in total. The Hall–Kier alpha value is -2.88. The lowest BCUT2D eigenvalue weighted by Gasteiger charge is -2.10. The van der Waals surface area contributed by atoms with Gasteiger partial charge in [-0.1, -0.05) is 62.2 Å². The van der Waals surface area contributed by atoms with Gasteiger partial charge in [-0.25, -0.2) is 0 Å². The van der Waals surface area contributed by atoms with Gasteiger partial charge >= 0.3 is 0 Å². The minimum atomic E-state index is -0.833. The van der Waals surface area contributed by atoms with E-state index in [9.17, 15) is 4.79 Å². The van der Waals surface area contributed by atoms with E-state index in [1.165, 1.54) is 0 Å². The normalized spacial score (nSPS) is 10.2. The Balaban J connectivity index is 0.000000552. The lowest BCUT2D eigenvalue weighted by Crippen LogP contribution is -2.11. The van der Waals surface area contributed by atoms with Crippen LogP contribution in [0.2, 0.25) is 0 Å². The Morgan fingerprint density at radius 3 is 2.27 bits per heavy atom. The fourth-order valence-corrected chi connectivity index (χ4v) is 2.78. The van der Waals surface area contributed by atoms with Crippen LogP contribution in [0, 0.1) is 0 Å². The van der Waals surface area contributed by atoms with Crippen molar-refractivity contribution in [2.24, 2.45) is 0 Å². The highest BCUT2D eigenvalue weighted by molar-refractivity contribution is 5.80. The Morgan fingerprint density at radius 2 is 1.62 bits per heavy atom. The lowest BCUT2D eigenvalue weighted by molar-refractivity contribution is -0.134. The molecule has 1 aromatic heterocycles. The summed E-state index contributed by atoms with van der Waals surface area (Å²) in [5.41, 5.74) is 2.54. The van der Waals surface area contributed by atoms with E-state index in [2.05, 4.69) is 6.92 Å². The van der Waals surface area contributed by atoms with Gasteiger partial charge in [0.1, 0.15) is 11.3 Å². The summed E-state index contributed by atoms with van der Waals surface area (Å²) in [7, 11) is 0. The zero-order valence-corrected chi connectivity index (χ0v) is 15.2. The first-order valence-electron chi connectivity index (χ1n) is 8.84. The average Bonchev–Trinajstić information content (AvgIpc) is 2.64. The highest BCUT2D eigenvalue weighted by atomic mass is 16.4. The molecule has 3 rings (SSSR count). The first kappa shape index (κ1) is 19.4. The molecule has 0 unspecified atom stereocenters. The molecule has 0 aliphatic rings. The van der Waals surface area contributed by atoms with Crippen molar-refractivity contribution in [1.82, 2.24) is 0 Å².